The van der Waals surface area contributed by atoms with E-state index in [-0.39, 0.29) is 17.2 Å². The highest BCUT2D eigenvalue weighted by Crippen LogP contribution is 2.16. The molecule has 1 aliphatic rings. The van der Waals surface area contributed by atoms with E-state index in [1.807, 2.05) is 0 Å². The standard InChI is InChI=1S/C11H11NO5S/c1-16-9-2-4-10(5-3-9)18(14,15)12-8-6-11(13)17-7-8/h2-6,12H,7H2,1H3. The molecule has 1 aromatic carbocycles. The zero-order valence-electron chi connectivity index (χ0n) is 9.54. The van der Waals surface area contributed by atoms with Gasteiger partial charge in [0.2, 0.25) is 0 Å². The smallest absolute Gasteiger partial charge is 0.333 e. The Bertz CT molecular complexity index is 588. The topological polar surface area (TPSA) is 81.7 Å². The van der Waals surface area contributed by atoms with Crippen molar-refractivity contribution in [3.05, 3.63) is 36.0 Å². The van der Waals surface area contributed by atoms with Crippen LogP contribution in [0.15, 0.2) is 40.9 Å². The van der Waals surface area contributed by atoms with Gasteiger partial charge in [0.15, 0.2) is 0 Å². The number of methoxy groups -OCH3 is 1. The lowest BCUT2D eigenvalue weighted by Gasteiger charge is -2.08. The summed E-state index contributed by atoms with van der Waals surface area (Å²) in [5, 5.41) is 0. The first-order valence-electron chi connectivity index (χ1n) is 5.05. The first-order valence-corrected chi connectivity index (χ1v) is 6.54. The van der Waals surface area contributed by atoms with E-state index in [1.54, 1.807) is 12.1 Å². The number of carbonyl (C=O) groups is 1. The molecule has 96 valence electrons. The molecule has 2 rings (SSSR count). The van der Waals surface area contributed by atoms with Crippen molar-refractivity contribution in [2.75, 3.05) is 13.7 Å². The van der Waals surface area contributed by atoms with Crippen molar-refractivity contribution in [3.63, 3.8) is 0 Å². The second kappa shape index (κ2) is 4.69. The van der Waals surface area contributed by atoms with Crippen LogP contribution in [0.3, 0.4) is 0 Å². The Morgan fingerprint density at radius 3 is 2.44 bits per heavy atom. The molecule has 0 amide bonds. The molecule has 0 spiro atoms. The lowest BCUT2D eigenvalue weighted by molar-refractivity contribution is -0.134. The van der Waals surface area contributed by atoms with Crippen molar-refractivity contribution in [2.24, 2.45) is 0 Å². The Morgan fingerprint density at radius 2 is 1.94 bits per heavy atom. The van der Waals surface area contributed by atoms with Crippen molar-refractivity contribution >= 4 is 16.0 Å². The molecule has 18 heavy (non-hydrogen) atoms. The average molecular weight is 269 g/mol. The van der Waals surface area contributed by atoms with Gasteiger partial charge in [0, 0.05) is 6.08 Å². The Labute approximate surface area is 104 Å². The Balaban J connectivity index is 2.20. The van der Waals surface area contributed by atoms with Crippen LogP contribution in [-0.2, 0) is 19.6 Å². The minimum absolute atomic E-state index is 0.0613. The third kappa shape index (κ3) is 2.62. The van der Waals surface area contributed by atoms with Gasteiger partial charge in [-0.15, -0.1) is 0 Å². The minimum atomic E-state index is -3.70. The molecule has 0 unspecified atom stereocenters. The van der Waals surface area contributed by atoms with Crippen molar-refractivity contribution in [3.8, 4) is 5.75 Å². The van der Waals surface area contributed by atoms with E-state index in [0.29, 0.717) is 5.75 Å². The van der Waals surface area contributed by atoms with Crippen molar-refractivity contribution in [1.82, 2.24) is 4.72 Å². The van der Waals surface area contributed by atoms with E-state index in [4.69, 9.17) is 4.74 Å². The van der Waals surface area contributed by atoms with Gasteiger partial charge in [-0.25, -0.2) is 13.2 Å². The number of benzene rings is 1. The maximum Gasteiger partial charge on any atom is 0.333 e. The summed E-state index contributed by atoms with van der Waals surface area (Å²) in [4.78, 5) is 10.9. The fraction of sp³-hybridized carbons (Fsp3) is 0.182. The number of carbonyl (C=O) groups excluding carboxylic acids is 1. The van der Waals surface area contributed by atoms with Crippen LogP contribution < -0.4 is 9.46 Å². The summed E-state index contributed by atoms with van der Waals surface area (Å²) < 4.78 is 35.7. The number of ether oxygens (including phenoxy) is 2. The predicted octanol–water partition coefficient (Wildman–Crippen LogP) is 0.414. The number of sulfonamides is 1. The molecule has 0 atom stereocenters. The van der Waals surface area contributed by atoms with Crippen LogP contribution in [0.25, 0.3) is 0 Å². The molecule has 1 N–H and O–H groups in total. The van der Waals surface area contributed by atoms with Crippen molar-refractivity contribution < 1.29 is 22.7 Å². The third-order valence-electron chi connectivity index (χ3n) is 2.30. The van der Waals surface area contributed by atoms with Crippen LogP contribution in [0, 0.1) is 0 Å². The van der Waals surface area contributed by atoms with Crippen LogP contribution in [0.2, 0.25) is 0 Å². The van der Waals surface area contributed by atoms with Crippen LogP contribution in [0.1, 0.15) is 0 Å². The van der Waals surface area contributed by atoms with E-state index >= 15 is 0 Å². The van der Waals surface area contributed by atoms with E-state index in [0.717, 1.165) is 6.08 Å². The molecule has 7 heteroatoms. The number of cyclic esters (lactones) is 1. The fourth-order valence-electron chi connectivity index (χ4n) is 1.42. The Hall–Kier alpha value is -2.02. The van der Waals surface area contributed by atoms with Gasteiger partial charge in [-0.2, -0.15) is 0 Å². The Kier molecular flexibility index (Phi) is 3.24. The molecule has 0 aliphatic carbocycles. The highest BCUT2D eigenvalue weighted by Gasteiger charge is 2.20. The SMILES string of the molecule is COc1ccc(S(=O)(=O)NC2=CC(=O)OC2)cc1. The largest absolute Gasteiger partial charge is 0.497 e. The maximum absolute atomic E-state index is 11.9. The molecule has 1 heterocycles. The summed E-state index contributed by atoms with van der Waals surface area (Å²) in [7, 11) is -2.20. The molecular formula is C11H11NO5S. The number of hydrogen-bond donors (Lipinski definition) is 1. The van der Waals surface area contributed by atoms with E-state index in [1.165, 1.54) is 19.2 Å². The summed E-state index contributed by atoms with van der Waals surface area (Å²) in [5.41, 5.74) is 0.218. The molecule has 6 nitrogen and oxygen atoms in total. The first-order chi connectivity index (χ1) is 8.51. The highest BCUT2D eigenvalue weighted by molar-refractivity contribution is 7.89. The van der Waals surface area contributed by atoms with Gasteiger partial charge in [-0.1, -0.05) is 0 Å². The van der Waals surface area contributed by atoms with E-state index in [9.17, 15) is 13.2 Å². The Morgan fingerprint density at radius 1 is 1.28 bits per heavy atom. The predicted molar refractivity (Wildman–Crippen MR) is 62.4 cm³/mol. The second-order valence-electron chi connectivity index (χ2n) is 3.56. The summed E-state index contributed by atoms with van der Waals surface area (Å²) in [6.07, 6.45) is 1.11. The van der Waals surface area contributed by atoms with Crippen LogP contribution in [0.5, 0.6) is 5.75 Å². The van der Waals surface area contributed by atoms with Gasteiger partial charge >= 0.3 is 5.97 Å². The molecule has 0 fully saturated rings. The number of rotatable bonds is 4. The van der Waals surface area contributed by atoms with Gasteiger partial charge in [0.1, 0.15) is 12.4 Å². The first kappa shape index (κ1) is 12.4. The number of esters is 1. The van der Waals surface area contributed by atoms with Crippen molar-refractivity contribution in [1.29, 1.82) is 0 Å². The van der Waals surface area contributed by atoms with Gasteiger partial charge in [-0.3, -0.25) is 4.72 Å². The summed E-state index contributed by atoms with van der Waals surface area (Å²) in [5.74, 6) is 0.00924. The van der Waals surface area contributed by atoms with Crippen LogP contribution in [0.4, 0.5) is 0 Å². The lowest BCUT2D eigenvalue weighted by Crippen LogP contribution is -2.23. The van der Waals surface area contributed by atoms with Gasteiger partial charge in [0.05, 0.1) is 17.7 Å². The highest BCUT2D eigenvalue weighted by atomic mass is 32.2. The monoisotopic (exact) mass is 269 g/mol. The summed E-state index contributed by atoms with van der Waals surface area (Å²) in [6.45, 7) is -0.0613. The molecule has 0 saturated heterocycles. The quantitative estimate of drug-likeness (QED) is 0.801. The average Bonchev–Trinajstić information content (AvgIpc) is 2.74. The summed E-state index contributed by atoms with van der Waals surface area (Å²) >= 11 is 0. The van der Waals surface area contributed by atoms with E-state index < -0.39 is 16.0 Å². The minimum Gasteiger partial charge on any atom is -0.497 e. The third-order valence-corrected chi connectivity index (χ3v) is 3.72. The van der Waals surface area contributed by atoms with E-state index in [2.05, 4.69) is 9.46 Å². The molecule has 0 radical (unpaired) electrons. The summed E-state index contributed by atoms with van der Waals surface area (Å²) in [6, 6.07) is 5.91. The molecule has 1 aliphatic heterocycles. The lowest BCUT2D eigenvalue weighted by atomic mass is 10.3. The van der Waals surface area contributed by atoms with Gasteiger partial charge in [0.25, 0.3) is 10.0 Å². The van der Waals surface area contributed by atoms with Crippen molar-refractivity contribution in [2.45, 2.75) is 4.90 Å². The number of nitrogens with one attached hydrogen (secondary N) is 1. The van der Waals surface area contributed by atoms with Crippen LogP contribution in [-0.4, -0.2) is 28.1 Å². The number of hydrogen-bond acceptors (Lipinski definition) is 5. The zero-order valence-corrected chi connectivity index (χ0v) is 10.4. The molecule has 0 saturated carbocycles. The molecule has 0 bridgehead atoms. The zero-order chi connectivity index (χ0) is 13.2. The molecule has 1 aromatic rings. The normalized spacial score (nSPS) is 14.9. The maximum atomic E-state index is 11.9. The second-order valence-corrected chi connectivity index (χ2v) is 5.24. The van der Waals surface area contributed by atoms with Crippen LogP contribution >= 0.6 is 0 Å². The van der Waals surface area contributed by atoms with Gasteiger partial charge in [-0.05, 0) is 24.3 Å². The van der Waals surface area contributed by atoms with Gasteiger partial charge < -0.3 is 9.47 Å². The molecule has 0 aromatic heterocycles. The molecular weight excluding hydrogens is 258 g/mol. The fourth-order valence-corrected chi connectivity index (χ4v) is 2.50.